The van der Waals surface area contributed by atoms with Gasteiger partial charge in [-0.1, -0.05) is 18.2 Å². The molecule has 1 atom stereocenters. The highest BCUT2D eigenvalue weighted by atomic mass is 19.1. The van der Waals surface area contributed by atoms with E-state index in [2.05, 4.69) is 36.9 Å². The van der Waals surface area contributed by atoms with Gasteiger partial charge in [0.25, 0.3) is 0 Å². The number of carbonyl (C=O) groups is 1. The molecule has 38 heavy (non-hydrogen) atoms. The summed E-state index contributed by atoms with van der Waals surface area (Å²) in [5.74, 6) is 0.498. The molecule has 3 aromatic rings. The van der Waals surface area contributed by atoms with E-state index in [4.69, 9.17) is 14.6 Å². The van der Waals surface area contributed by atoms with Gasteiger partial charge in [-0.2, -0.15) is 5.10 Å². The summed E-state index contributed by atoms with van der Waals surface area (Å²) in [5, 5.41) is 6.08. The number of halogens is 1. The summed E-state index contributed by atoms with van der Waals surface area (Å²) in [6, 6.07) is 11.1. The third-order valence-corrected chi connectivity index (χ3v) is 7.85. The molecule has 5 rings (SSSR count). The highest BCUT2D eigenvalue weighted by Gasteiger charge is 2.39. The van der Waals surface area contributed by atoms with E-state index in [1.807, 2.05) is 32.9 Å². The standard InChI is InChI=1S/C31H40FN3O3/c1-21-16-24-19-35(18-23-6-7-23)33-28(24)27(17-21)22(2)37-20-31(25-8-10-26(32)11-9-25)12-14-34(15-13-31)29(36)38-30(3,4)5/h8-11,16-17,19,22-23H,6-7,12-15,18,20H2,1-5H3. The van der Waals surface area contributed by atoms with Gasteiger partial charge in [0.05, 0.1) is 18.2 Å². The summed E-state index contributed by atoms with van der Waals surface area (Å²) >= 11 is 0. The van der Waals surface area contributed by atoms with E-state index in [0.717, 1.165) is 34.5 Å². The summed E-state index contributed by atoms with van der Waals surface area (Å²) in [6.45, 7) is 12.4. The predicted octanol–water partition coefficient (Wildman–Crippen LogP) is 6.94. The lowest BCUT2D eigenvalue weighted by Crippen LogP contribution is -2.48. The Morgan fingerprint density at radius 1 is 1.16 bits per heavy atom. The zero-order valence-electron chi connectivity index (χ0n) is 23.3. The van der Waals surface area contributed by atoms with Gasteiger partial charge >= 0.3 is 6.09 Å². The lowest BCUT2D eigenvalue weighted by molar-refractivity contribution is -0.00935. The van der Waals surface area contributed by atoms with Crippen LogP contribution in [0.25, 0.3) is 10.9 Å². The van der Waals surface area contributed by atoms with Gasteiger partial charge in [-0.05, 0) is 95.5 Å². The Bertz CT molecular complexity index is 1280. The summed E-state index contributed by atoms with van der Waals surface area (Å²) in [5.41, 5.74) is 3.46. The molecule has 1 saturated carbocycles. The molecule has 1 amide bonds. The van der Waals surface area contributed by atoms with Gasteiger partial charge in [-0.3, -0.25) is 4.68 Å². The minimum absolute atomic E-state index is 0.164. The van der Waals surface area contributed by atoms with Crippen molar-refractivity contribution in [2.45, 2.75) is 84.0 Å². The number of aromatic nitrogens is 2. The first-order valence-electron chi connectivity index (χ1n) is 13.8. The van der Waals surface area contributed by atoms with Crippen LogP contribution in [0.5, 0.6) is 0 Å². The van der Waals surface area contributed by atoms with Crippen molar-refractivity contribution < 1.29 is 18.7 Å². The molecule has 2 aromatic carbocycles. The number of benzene rings is 2. The summed E-state index contributed by atoms with van der Waals surface area (Å²) < 4.78 is 28.1. The third kappa shape index (κ3) is 6.04. The molecule has 1 aromatic heterocycles. The molecule has 0 radical (unpaired) electrons. The maximum Gasteiger partial charge on any atom is 0.410 e. The molecule has 1 aliphatic carbocycles. The average molecular weight is 522 g/mol. The molecule has 7 heteroatoms. The van der Waals surface area contributed by atoms with E-state index in [1.165, 1.54) is 30.5 Å². The van der Waals surface area contributed by atoms with Crippen molar-refractivity contribution in [1.82, 2.24) is 14.7 Å². The number of amides is 1. The first-order valence-corrected chi connectivity index (χ1v) is 13.8. The summed E-state index contributed by atoms with van der Waals surface area (Å²) in [7, 11) is 0. The monoisotopic (exact) mass is 521 g/mol. The fraction of sp³-hybridized carbons (Fsp3) is 0.548. The van der Waals surface area contributed by atoms with Gasteiger partial charge in [-0.15, -0.1) is 0 Å². The number of likely N-dealkylation sites (tertiary alicyclic amines) is 1. The van der Waals surface area contributed by atoms with Crippen molar-refractivity contribution in [1.29, 1.82) is 0 Å². The Morgan fingerprint density at radius 2 is 1.84 bits per heavy atom. The molecule has 0 bridgehead atoms. The van der Waals surface area contributed by atoms with Crippen molar-refractivity contribution in [3.8, 4) is 0 Å². The van der Waals surface area contributed by atoms with Crippen LogP contribution in [0.4, 0.5) is 9.18 Å². The second kappa shape index (κ2) is 10.3. The summed E-state index contributed by atoms with van der Waals surface area (Å²) in [6.07, 6.45) is 5.71. The zero-order chi connectivity index (χ0) is 27.1. The van der Waals surface area contributed by atoms with Crippen molar-refractivity contribution in [2.75, 3.05) is 19.7 Å². The van der Waals surface area contributed by atoms with Crippen molar-refractivity contribution in [2.24, 2.45) is 5.92 Å². The highest BCUT2D eigenvalue weighted by Crippen LogP contribution is 2.39. The number of hydrogen-bond acceptors (Lipinski definition) is 4. The van der Waals surface area contributed by atoms with Crippen LogP contribution in [0, 0.1) is 18.7 Å². The van der Waals surface area contributed by atoms with Crippen LogP contribution < -0.4 is 0 Å². The minimum Gasteiger partial charge on any atom is -0.444 e. The molecule has 0 N–H and O–H groups in total. The van der Waals surface area contributed by atoms with Crippen LogP contribution >= 0.6 is 0 Å². The highest BCUT2D eigenvalue weighted by molar-refractivity contribution is 5.82. The lowest BCUT2D eigenvalue weighted by Gasteiger charge is -2.42. The molecule has 2 fully saturated rings. The van der Waals surface area contributed by atoms with Gasteiger partial charge in [-0.25, -0.2) is 9.18 Å². The molecule has 6 nitrogen and oxygen atoms in total. The maximum absolute atomic E-state index is 13.8. The molecule has 2 heterocycles. The second-order valence-electron chi connectivity index (χ2n) is 12.3. The fourth-order valence-electron chi connectivity index (χ4n) is 5.47. The van der Waals surface area contributed by atoms with Crippen LogP contribution in [0.3, 0.4) is 0 Å². The molecular weight excluding hydrogens is 481 g/mol. The van der Waals surface area contributed by atoms with Crippen molar-refractivity contribution >= 4 is 17.0 Å². The fourth-order valence-corrected chi connectivity index (χ4v) is 5.47. The number of fused-ring (bicyclic) bond motifs is 1. The van der Waals surface area contributed by atoms with Gasteiger partial charge in [0.2, 0.25) is 0 Å². The maximum atomic E-state index is 13.8. The number of nitrogens with zero attached hydrogens (tertiary/aromatic N) is 3. The molecule has 1 saturated heterocycles. The largest absolute Gasteiger partial charge is 0.444 e. The average Bonchev–Trinajstić information content (AvgIpc) is 3.58. The second-order valence-corrected chi connectivity index (χ2v) is 12.3. The lowest BCUT2D eigenvalue weighted by atomic mass is 9.73. The van der Waals surface area contributed by atoms with Gasteiger partial charge in [0.15, 0.2) is 0 Å². The number of aryl methyl sites for hydroxylation is 1. The topological polar surface area (TPSA) is 56.6 Å². The van der Waals surface area contributed by atoms with Crippen LogP contribution in [0.2, 0.25) is 0 Å². The Morgan fingerprint density at radius 3 is 2.47 bits per heavy atom. The predicted molar refractivity (Wildman–Crippen MR) is 147 cm³/mol. The molecule has 1 aliphatic heterocycles. The van der Waals surface area contributed by atoms with Crippen LogP contribution in [0.15, 0.2) is 42.6 Å². The van der Waals surface area contributed by atoms with E-state index < -0.39 is 5.60 Å². The van der Waals surface area contributed by atoms with Crippen LogP contribution in [-0.2, 0) is 21.4 Å². The molecule has 204 valence electrons. The Hall–Kier alpha value is -2.93. The number of ether oxygens (including phenoxy) is 2. The number of carbonyl (C=O) groups excluding carboxylic acids is 1. The molecule has 2 aliphatic rings. The Balaban J connectivity index is 1.35. The van der Waals surface area contributed by atoms with E-state index in [0.29, 0.717) is 32.5 Å². The molecule has 0 spiro atoms. The van der Waals surface area contributed by atoms with E-state index in [1.54, 1.807) is 4.90 Å². The normalized spacial score (nSPS) is 18.5. The van der Waals surface area contributed by atoms with Crippen molar-refractivity contribution in [3.63, 3.8) is 0 Å². The van der Waals surface area contributed by atoms with Gasteiger partial charge < -0.3 is 14.4 Å². The summed E-state index contributed by atoms with van der Waals surface area (Å²) in [4.78, 5) is 14.5. The van der Waals surface area contributed by atoms with E-state index in [9.17, 15) is 9.18 Å². The number of rotatable bonds is 7. The van der Waals surface area contributed by atoms with E-state index >= 15 is 0 Å². The van der Waals surface area contributed by atoms with Crippen molar-refractivity contribution in [3.05, 3.63) is 65.1 Å². The van der Waals surface area contributed by atoms with E-state index in [-0.39, 0.29) is 23.4 Å². The first kappa shape index (κ1) is 26.7. The number of hydrogen-bond donors (Lipinski definition) is 0. The SMILES string of the molecule is Cc1cc(C(C)OCC2(c3ccc(F)cc3)CCN(C(=O)OC(C)(C)C)CC2)c2nn(CC3CC3)cc2c1. The number of piperidine rings is 1. The third-order valence-electron chi connectivity index (χ3n) is 7.85. The molecule has 1 unspecified atom stereocenters. The van der Waals surface area contributed by atoms with Crippen LogP contribution in [0.1, 0.15) is 76.2 Å². The quantitative estimate of drug-likeness (QED) is 0.338. The van der Waals surface area contributed by atoms with Crippen LogP contribution in [-0.4, -0.2) is 46.1 Å². The Kier molecular flexibility index (Phi) is 7.25. The smallest absolute Gasteiger partial charge is 0.410 e. The Labute approximate surface area is 225 Å². The minimum atomic E-state index is -0.536. The van der Waals surface area contributed by atoms with Gasteiger partial charge in [0.1, 0.15) is 11.4 Å². The van der Waals surface area contributed by atoms with Gasteiger partial charge in [0, 0.05) is 42.2 Å². The first-order chi connectivity index (χ1) is 18.0. The zero-order valence-corrected chi connectivity index (χ0v) is 23.3. The molecular formula is C31H40FN3O3.